The van der Waals surface area contributed by atoms with Crippen LogP contribution in [0.15, 0.2) is 22.7 Å². The third-order valence-electron chi connectivity index (χ3n) is 3.40. The maximum absolute atomic E-state index is 12.2. The smallest absolute Gasteiger partial charge is 0.260 e. The molecule has 1 fully saturated rings. The van der Waals surface area contributed by atoms with Gasteiger partial charge in [0.1, 0.15) is 5.75 Å². The number of carbonyl (C=O) groups excluding carboxylic acids is 1. The lowest BCUT2D eigenvalue weighted by Crippen LogP contribution is -2.47. The zero-order valence-corrected chi connectivity index (χ0v) is 13.4. The largest absolute Gasteiger partial charge is 0.483 e. The SMILES string of the molecule is O=C(COc1ccc(Cl)cc1Br)N1CCCCC1CO. The van der Waals surface area contributed by atoms with Gasteiger partial charge in [-0.2, -0.15) is 0 Å². The van der Waals surface area contributed by atoms with Gasteiger partial charge in [0.15, 0.2) is 6.61 Å². The summed E-state index contributed by atoms with van der Waals surface area (Å²) in [6.45, 7) is 0.669. The average molecular weight is 363 g/mol. The lowest BCUT2D eigenvalue weighted by molar-refractivity contribution is -0.138. The molecule has 1 aliphatic rings. The molecule has 0 radical (unpaired) electrons. The maximum Gasteiger partial charge on any atom is 0.260 e. The molecule has 1 aromatic rings. The van der Waals surface area contributed by atoms with Gasteiger partial charge in [0.05, 0.1) is 17.1 Å². The summed E-state index contributed by atoms with van der Waals surface area (Å²) >= 11 is 9.20. The molecule has 0 bridgehead atoms. The summed E-state index contributed by atoms with van der Waals surface area (Å²) in [7, 11) is 0. The summed E-state index contributed by atoms with van der Waals surface area (Å²) in [6.07, 6.45) is 2.89. The van der Waals surface area contributed by atoms with Gasteiger partial charge in [-0.25, -0.2) is 0 Å². The maximum atomic E-state index is 12.2. The van der Waals surface area contributed by atoms with Gasteiger partial charge >= 0.3 is 0 Å². The molecule has 20 heavy (non-hydrogen) atoms. The van der Waals surface area contributed by atoms with Crippen molar-refractivity contribution in [2.75, 3.05) is 19.8 Å². The third kappa shape index (κ3) is 3.87. The highest BCUT2D eigenvalue weighted by Gasteiger charge is 2.26. The van der Waals surface area contributed by atoms with Gasteiger partial charge < -0.3 is 14.7 Å². The van der Waals surface area contributed by atoms with E-state index in [4.69, 9.17) is 16.3 Å². The lowest BCUT2D eigenvalue weighted by atomic mass is 10.0. The van der Waals surface area contributed by atoms with E-state index in [9.17, 15) is 9.90 Å². The fraction of sp³-hybridized carbons (Fsp3) is 0.500. The summed E-state index contributed by atoms with van der Waals surface area (Å²) in [5, 5.41) is 9.92. The Labute approximate surface area is 131 Å². The van der Waals surface area contributed by atoms with E-state index in [1.807, 2.05) is 0 Å². The van der Waals surface area contributed by atoms with E-state index in [-0.39, 0.29) is 25.2 Å². The molecule has 0 saturated carbocycles. The van der Waals surface area contributed by atoms with Crippen molar-refractivity contribution in [3.63, 3.8) is 0 Å². The van der Waals surface area contributed by atoms with E-state index >= 15 is 0 Å². The fourth-order valence-electron chi connectivity index (χ4n) is 2.33. The van der Waals surface area contributed by atoms with Crippen LogP contribution >= 0.6 is 27.5 Å². The molecule has 6 heteroatoms. The number of carbonyl (C=O) groups is 1. The van der Waals surface area contributed by atoms with Crippen LogP contribution in [0.1, 0.15) is 19.3 Å². The van der Waals surface area contributed by atoms with Gasteiger partial charge in [0, 0.05) is 11.6 Å². The first kappa shape index (κ1) is 15.6. The highest BCUT2D eigenvalue weighted by atomic mass is 79.9. The number of halogens is 2. The Bertz CT molecular complexity index is 483. The van der Waals surface area contributed by atoms with Crippen LogP contribution in [0.5, 0.6) is 5.75 Å². The molecule has 1 N–H and O–H groups in total. The number of rotatable bonds is 4. The summed E-state index contributed by atoms with van der Waals surface area (Å²) < 4.78 is 6.24. The summed E-state index contributed by atoms with van der Waals surface area (Å²) in [6, 6.07) is 5.08. The molecule has 110 valence electrons. The summed E-state index contributed by atoms with van der Waals surface area (Å²) in [4.78, 5) is 13.9. The van der Waals surface area contributed by atoms with Crippen molar-refractivity contribution in [3.05, 3.63) is 27.7 Å². The van der Waals surface area contributed by atoms with Crippen molar-refractivity contribution in [2.45, 2.75) is 25.3 Å². The van der Waals surface area contributed by atoms with Crippen molar-refractivity contribution in [2.24, 2.45) is 0 Å². The highest BCUT2D eigenvalue weighted by Crippen LogP contribution is 2.28. The molecular weight excluding hydrogens is 346 g/mol. The van der Waals surface area contributed by atoms with Crippen LogP contribution in [0.25, 0.3) is 0 Å². The quantitative estimate of drug-likeness (QED) is 0.896. The molecule has 0 spiro atoms. The van der Waals surface area contributed by atoms with Crippen LogP contribution in [0.3, 0.4) is 0 Å². The molecule has 2 rings (SSSR count). The number of benzene rings is 1. The molecule has 4 nitrogen and oxygen atoms in total. The molecule has 0 aliphatic carbocycles. The zero-order chi connectivity index (χ0) is 14.5. The Morgan fingerprint density at radius 3 is 3.00 bits per heavy atom. The van der Waals surface area contributed by atoms with Crippen molar-refractivity contribution < 1.29 is 14.6 Å². The molecule has 1 unspecified atom stereocenters. The van der Waals surface area contributed by atoms with Crippen molar-refractivity contribution in [1.82, 2.24) is 4.90 Å². The van der Waals surface area contributed by atoms with Crippen LogP contribution in [0.2, 0.25) is 5.02 Å². The number of amides is 1. The number of ether oxygens (including phenoxy) is 1. The normalized spacial score (nSPS) is 18.9. The predicted molar refractivity (Wildman–Crippen MR) is 81.1 cm³/mol. The van der Waals surface area contributed by atoms with Gasteiger partial charge in [0.2, 0.25) is 0 Å². The first-order valence-corrected chi connectivity index (χ1v) is 7.77. The standard InChI is InChI=1S/C14H17BrClNO3/c15-12-7-10(16)4-5-13(12)20-9-14(19)17-6-2-1-3-11(17)8-18/h4-5,7,11,18H,1-3,6,8-9H2. The second kappa shape index (κ2) is 7.29. The lowest BCUT2D eigenvalue weighted by Gasteiger charge is -2.34. The van der Waals surface area contributed by atoms with Crippen LogP contribution < -0.4 is 4.74 Å². The molecule has 1 atom stereocenters. The van der Waals surface area contributed by atoms with Gasteiger partial charge in [-0.05, 0) is 53.4 Å². The van der Waals surface area contributed by atoms with Gasteiger partial charge in [0.25, 0.3) is 5.91 Å². The Morgan fingerprint density at radius 1 is 1.50 bits per heavy atom. The van der Waals surface area contributed by atoms with E-state index in [1.165, 1.54) is 0 Å². The van der Waals surface area contributed by atoms with Crippen molar-refractivity contribution in [3.8, 4) is 5.75 Å². The zero-order valence-electron chi connectivity index (χ0n) is 11.0. The minimum Gasteiger partial charge on any atom is -0.483 e. The van der Waals surface area contributed by atoms with Crippen LogP contribution in [-0.2, 0) is 4.79 Å². The predicted octanol–water partition coefficient (Wildman–Crippen LogP) is 2.85. The molecule has 1 heterocycles. The first-order valence-electron chi connectivity index (χ1n) is 6.60. The highest BCUT2D eigenvalue weighted by molar-refractivity contribution is 9.10. The molecule has 1 aromatic carbocycles. The Kier molecular flexibility index (Phi) is 5.69. The molecule has 1 saturated heterocycles. The molecule has 1 amide bonds. The van der Waals surface area contributed by atoms with E-state index in [0.29, 0.717) is 17.3 Å². The monoisotopic (exact) mass is 361 g/mol. The number of piperidine rings is 1. The van der Waals surface area contributed by atoms with Crippen LogP contribution in [0, 0.1) is 0 Å². The van der Waals surface area contributed by atoms with Gasteiger partial charge in [-0.1, -0.05) is 11.6 Å². The Hall–Kier alpha value is -0.780. The average Bonchev–Trinajstić information content (AvgIpc) is 2.46. The van der Waals surface area contributed by atoms with Crippen LogP contribution in [0.4, 0.5) is 0 Å². The van der Waals surface area contributed by atoms with E-state index in [0.717, 1.165) is 23.7 Å². The van der Waals surface area contributed by atoms with E-state index < -0.39 is 0 Å². The number of likely N-dealkylation sites (tertiary alicyclic amines) is 1. The topological polar surface area (TPSA) is 49.8 Å². The van der Waals surface area contributed by atoms with E-state index in [1.54, 1.807) is 23.1 Å². The number of hydrogen-bond acceptors (Lipinski definition) is 3. The number of hydrogen-bond donors (Lipinski definition) is 1. The number of aliphatic hydroxyl groups excluding tert-OH is 1. The Balaban J connectivity index is 1.94. The van der Waals surface area contributed by atoms with Gasteiger partial charge in [-0.15, -0.1) is 0 Å². The minimum absolute atomic E-state index is 0.0103. The third-order valence-corrected chi connectivity index (χ3v) is 4.26. The summed E-state index contributed by atoms with van der Waals surface area (Å²) in [5.41, 5.74) is 0. The van der Waals surface area contributed by atoms with Crippen molar-refractivity contribution in [1.29, 1.82) is 0 Å². The molecular formula is C14H17BrClNO3. The van der Waals surface area contributed by atoms with Crippen LogP contribution in [-0.4, -0.2) is 41.7 Å². The second-order valence-corrected chi connectivity index (χ2v) is 6.07. The van der Waals surface area contributed by atoms with Gasteiger partial charge in [-0.3, -0.25) is 4.79 Å². The Morgan fingerprint density at radius 2 is 2.30 bits per heavy atom. The molecule has 0 aromatic heterocycles. The fourth-order valence-corrected chi connectivity index (χ4v) is 3.13. The minimum atomic E-state index is -0.0920. The number of aliphatic hydroxyl groups is 1. The number of nitrogens with zero attached hydrogens (tertiary/aromatic N) is 1. The van der Waals surface area contributed by atoms with Crippen molar-refractivity contribution >= 4 is 33.4 Å². The molecule has 1 aliphatic heterocycles. The van der Waals surface area contributed by atoms with E-state index in [2.05, 4.69) is 15.9 Å². The first-order chi connectivity index (χ1) is 9.61. The summed E-state index contributed by atoms with van der Waals surface area (Å²) in [5.74, 6) is 0.492. The second-order valence-electron chi connectivity index (χ2n) is 4.78.